The van der Waals surface area contributed by atoms with Gasteiger partial charge in [0, 0.05) is 36.9 Å². The van der Waals surface area contributed by atoms with Gasteiger partial charge in [-0.05, 0) is 75.5 Å². The fourth-order valence-electron chi connectivity index (χ4n) is 4.66. The fourth-order valence-corrected chi connectivity index (χ4v) is 4.66. The van der Waals surface area contributed by atoms with E-state index in [1.165, 1.54) is 26.3 Å². The number of ketones is 1. The van der Waals surface area contributed by atoms with Crippen molar-refractivity contribution in [3.8, 4) is 0 Å². The molecule has 3 aliphatic heterocycles. The molecule has 1 aromatic carbocycles. The third kappa shape index (κ3) is 5.11. The van der Waals surface area contributed by atoms with E-state index >= 15 is 0 Å². The Morgan fingerprint density at radius 2 is 1.89 bits per heavy atom. The predicted octanol–water partition coefficient (Wildman–Crippen LogP) is 3.06. The van der Waals surface area contributed by atoms with Gasteiger partial charge in [0.15, 0.2) is 5.78 Å². The number of Topliss-reactive ketones (excluding diaryl/α,β-unsaturated/α-hetero) is 1. The van der Waals surface area contributed by atoms with Gasteiger partial charge in [0.25, 0.3) is 0 Å². The number of hydrogen-bond donors (Lipinski definition) is 2. The van der Waals surface area contributed by atoms with Gasteiger partial charge in [-0.2, -0.15) is 0 Å². The Labute approximate surface area is 168 Å². The second-order valence-corrected chi connectivity index (χ2v) is 8.15. The van der Waals surface area contributed by atoms with Crippen molar-refractivity contribution in [1.29, 1.82) is 0 Å². The molecule has 6 heteroatoms. The van der Waals surface area contributed by atoms with Crippen molar-refractivity contribution in [3.05, 3.63) is 29.8 Å². The third-order valence-electron chi connectivity index (χ3n) is 6.45. The van der Waals surface area contributed by atoms with Gasteiger partial charge in [0.05, 0.1) is 0 Å². The van der Waals surface area contributed by atoms with Crippen LogP contribution in [-0.4, -0.2) is 66.9 Å². The number of rotatable bonds is 8. The molecule has 1 aromatic rings. The number of benzene rings is 1. The summed E-state index contributed by atoms with van der Waals surface area (Å²) in [6.45, 7) is 12.5. The molecule has 0 aromatic heterocycles. The lowest BCUT2D eigenvalue weighted by Gasteiger charge is -2.50. The van der Waals surface area contributed by atoms with Gasteiger partial charge < -0.3 is 15.5 Å². The van der Waals surface area contributed by atoms with Crippen LogP contribution in [-0.2, 0) is 0 Å². The average Bonchev–Trinajstić information content (AvgIpc) is 2.71. The molecule has 4 rings (SSSR count). The first-order valence-electron chi connectivity index (χ1n) is 10.6. The van der Waals surface area contributed by atoms with Crippen molar-refractivity contribution in [2.24, 2.45) is 11.8 Å². The monoisotopic (exact) mass is 386 g/mol. The molecular formula is C22H34N4O2. The van der Waals surface area contributed by atoms with Crippen molar-refractivity contribution in [3.63, 3.8) is 0 Å². The number of carbonyl (C=O) groups excluding carboxylic acids is 2. The molecular weight excluding hydrogens is 352 g/mol. The number of amides is 2. The molecule has 3 saturated heterocycles. The Hall–Kier alpha value is -1.92. The first-order chi connectivity index (χ1) is 13.5. The highest BCUT2D eigenvalue weighted by Crippen LogP contribution is 2.36. The van der Waals surface area contributed by atoms with Crippen LogP contribution in [0.15, 0.2) is 24.3 Å². The Balaban J connectivity index is 1.45. The second-order valence-electron chi connectivity index (χ2n) is 8.15. The summed E-state index contributed by atoms with van der Waals surface area (Å²) in [6, 6.07) is 7.26. The number of fused-ring (bicyclic) bond motifs is 3. The lowest BCUT2D eigenvalue weighted by molar-refractivity contribution is -0.00977. The zero-order valence-electron chi connectivity index (χ0n) is 17.4. The number of carbonyl (C=O) groups is 2. The first-order valence-corrected chi connectivity index (χ1v) is 10.6. The Kier molecular flexibility index (Phi) is 7.08. The topological polar surface area (TPSA) is 64.7 Å². The zero-order valence-corrected chi connectivity index (χ0v) is 17.4. The van der Waals surface area contributed by atoms with Crippen molar-refractivity contribution in [2.75, 3.05) is 44.6 Å². The van der Waals surface area contributed by atoms with Crippen LogP contribution >= 0.6 is 0 Å². The normalized spacial score (nSPS) is 26.3. The van der Waals surface area contributed by atoms with E-state index in [4.69, 9.17) is 0 Å². The summed E-state index contributed by atoms with van der Waals surface area (Å²) >= 11 is 0. The Bertz CT molecular complexity index is 672. The third-order valence-corrected chi connectivity index (χ3v) is 6.45. The highest BCUT2D eigenvalue weighted by atomic mass is 16.2. The Morgan fingerprint density at radius 1 is 1.18 bits per heavy atom. The van der Waals surface area contributed by atoms with E-state index in [9.17, 15) is 9.59 Å². The maximum absolute atomic E-state index is 12.3. The minimum Gasteiger partial charge on any atom is -0.336 e. The summed E-state index contributed by atoms with van der Waals surface area (Å²) < 4.78 is 0. The smallest absolute Gasteiger partial charge is 0.319 e. The summed E-state index contributed by atoms with van der Waals surface area (Å²) in [5.74, 6) is 1.56. The van der Waals surface area contributed by atoms with Crippen LogP contribution in [0.1, 0.15) is 44.0 Å². The van der Waals surface area contributed by atoms with Gasteiger partial charge in [-0.25, -0.2) is 4.79 Å². The van der Waals surface area contributed by atoms with Crippen LogP contribution in [0.4, 0.5) is 10.5 Å². The molecule has 154 valence electrons. The summed E-state index contributed by atoms with van der Waals surface area (Å²) in [5, 5.41) is 5.89. The lowest BCUT2D eigenvalue weighted by atomic mass is 9.75. The molecule has 3 aliphatic rings. The highest BCUT2D eigenvalue weighted by Gasteiger charge is 2.40. The molecule has 3 fully saturated rings. The minimum atomic E-state index is -0.182. The highest BCUT2D eigenvalue weighted by molar-refractivity contribution is 5.95. The second kappa shape index (κ2) is 9.52. The van der Waals surface area contributed by atoms with E-state index in [1.54, 1.807) is 24.3 Å². The maximum atomic E-state index is 12.3. The number of hydrogen-bond acceptors (Lipinski definition) is 4. The maximum Gasteiger partial charge on any atom is 0.319 e. The first kappa shape index (κ1) is 20.8. The van der Waals surface area contributed by atoms with Crippen molar-refractivity contribution >= 4 is 17.5 Å². The van der Waals surface area contributed by atoms with E-state index in [2.05, 4.69) is 34.3 Å². The number of urea groups is 1. The van der Waals surface area contributed by atoms with Gasteiger partial charge in [-0.3, -0.25) is 9.69 Å². The van der Waals surface area contributed by atoms with Crippen molar-refractivity contribution in [1.82, 2.24) is 15.1 Å². The SMILES string of the molecule is CCN(CC)C[C@@H]1CN2CC[C@H]1C[C@@H]2CNC(=O)Nc1ccc(C(C)=O)cc1. The van der Waals surface area contributed by atoms with E-state index in [0.717, 1.165) is 38.0 Å². The Morgan fingerprint density at radius 3 is 2.46 bits per heavy atom. The molecule has 2 amide bonds. The van der Waals surface area contributed by atoms with E-state index in [0.29, 0.717) is 23.8 Å². The summed E-state index contributed by atoms with van der Waals surface area (Å²) in [5.41, 5.74) is 1.35. The molecule has 6 nitrogen and oxygen atoms in total. The molecule has 0 aliphatic carbocycles. The summed E-state index contributed by atoms with van der Waals surface area (Å²) in [6.07, 6.45) is 2.47. The molecule has 0 spiro atoms. The summed E-state index contributed by atoms with van der Waals surface area (Å²) in [7, 11) is 0. The molecule has 2 N–H and O–H groups in total. The minimum absolute atomic E-state index is 0.0247. The molecule has 0 saturated carbocycles. The number of nitrogens with one attached hydrogen (secondary N) is 2. The van der Waals surface area contributed by atoms with Gasteiger partial charge >= 0.3 is 6.03 Å². The zero-order chi connectivity index (χ0) is 20.1. The lowest BCUT2D eigenvalue weighted by Crippen LogP contribution is -2.58. The predicted molar refractivity (Wildman–Crippen MR) is 113 cm³/mol. The molecule has 3 heterocycles. The number of piperidine rings is 3. The molecule has 2 bridgehead atoms. The van der Waals surface area contributed by atoms with E-state index in [-0.39, 0.29) is 11.8 Å². The largest absolute Gasteiger partial charge is 0.336 e. The molecule has 28 heavy (non-hydrogen) atoms. The molecule has 4 atom stereocenters. The van der Waals surface area contributed by atoms with Crippen LogP contribution in [0, 0.1) is 11.8 Å². The van der Waals surface area contributed by atoms with Gasteiger partial charge in [0.1, 0.15) is 0 Å². The number of nitrogens with zero attached hydrogens (tertiary/aromatic N) is 2. The van der Waals surface area contributed by atoms with Crippen LogP contribution in [0.25, 0.3) is 0 Å². The van der Waals surface area contributed by atoms with Gasteiger partial charge in [-0.1, -0.05) is 13.8 Å². The molecule has 1 unspecified atom stereocenters. The van der Waals surface area contributed by atoms with E-state index in [1.807, 2.05) is 0 Å². The van der Waals surface area contributed by atoms with Crippen LogP contribution < -0.4 is 10.6 Å². The standard InChI is InChI=1S/C22H34N4O2/c1-4-25(5-2)14-19-15-26-11-10-18(19)12-21(26)13-23-22(28)24-20-8-6-17(7-9-20)16(3)27/h6-9,18-19,21H,4-5,10-15H2,1-3H3,(H2,23,24,28)/t18-,19+,21+/m0/s1. The van der Waals surface area contributed by atoms with Crippen molar-refractivity contribution in [2.45, 2.75) is 39.7 Å². The van der Waals surface area contributed by atoms with Crippen LogP contribution in [0.5, 0.6) is 0 Å². The number of anilines is 1. The van der Waals surface area contributed by atoms with Gasteiger partial charge in [0.2, 0.25) is 0 Å². The van der Waals surface area contributed by atoms with Gasteiger partial charge in [-0.15, -0.1) is 0 Å². The quantitative estimate of drug-likeness (QED) is 0.674. The molecule has 0 radical (unpaired) electrons. The van der Waals surface area contributed by atoms with Crippen molar-refractivity contribution < 1.29 is 9.59 Å². The van der Waals surface area contributed by atoms with Crippen LogP contribution in [0.2, 0.25) is 0 Å². The van der Waals surface area contributed by atoms with Crippen LogP contribution in [0.3, 0.4) is 0 Å². The van der Waals surface area contributed by atoms with E-state index < -0.39 is 0 Å². The fraction of sp³-hybridized carbons (Fsp3) is 0.636. The summed E-state index contributed by atoms with van der Waals surface area (Å²) in [4.78, 5) is 28.7. The average molecular weight is 387 g/mol.